The lowest BCUT2D eigenvalue weighted by atomic mass is 10.3. The molecule has 1 aliphatic heterocycles. The molecule has 0 aliphatic carbocycles. The molecule has 6 nitrogen and oxygen atoms in total. The van der Waals surface area contributed by atoms with Crippen molar-refractivity contribution in [3.05, 3.63) is 40.3 Å². The van der Waals surface area contributed by atoms with Crippen LogP contribution in [0.4, 0.5) is 5.69 Å². The van der Waals surface area contributed by atoms with Gasteiger partial charge in [-0.3, -0.25) is 14.2 Å². The van der Waals surface area contributed by atoms with E-state index in [-0.39, 0.29) is 17.2 Å². The second-order valence-corrected chi connectivity index (χ2v) is 7.22. The van der Waals surface area contributed by atoms with E-state index in [9.17, 15) is 9.59 Å². The number of nitrogens with one attached hydrogen (secondary N) is 1. The van der Waals surface area contributed by atoms with Gasteiger partial charge in [-0.05, 0) is 12.1 Å². The van der Waals surface area contributed by atoms with Crippen LogP contribution in [0.3, 0.4) is 0 Å². The number of nitrogens with zero attached hydrogens (tertiary/aromatic N) is 2. The maximum absolute atomic E-state index is 12.3. The fraction of sp³-hybridized carbons (Fsp3) is 0.312. The van der Waals surface area contributed by atoms with E-state index in [4.69, 9.17) is 4.74 Å². The summed E-state index contributed by atoms with van der Waals surface area (Å²) in [7, 11) is 3.25. The van der Waals surface area contributed by atoms with Gasteiger partial charge >= 0.3 is 0 Å². The van der Waals surface area contributed by atoms with Gasteiger partial charge in [-0.25, -0.2) is 4.98 Å². The Morgan fingerprint density at radius 3 is 3.04 bits per heavy atom. The second kappa shape index (κ2) is 7.31. The highest BCUT2D eigenvalue weighted by Gasteiger charge is 2.20. The Hall–Kier alpha value is -1.93. The molecule has 1 aliphatic rings. The van der Waals surface area contributed by atoms with Gasteiger partial charge in [-0.1, -0.05) is 23.9 Å². The molecule has 1 aromatic heterocycles. The second-order valence-electron chi connectivity index (χ2n) is 5.17. The van der Waals surface area contributed by atoms with Crippen LogP contribution in [0.1, 0.15) is 5.69 Å². The summed E-state index contributed by atoms with van der Waals surface area (Å²) < 4.78 is 6.72. The third-order valence-electron chi connectivity index (χ3n) is 3.58. The predicted molar refractivity (Wildman–Crippen MR) is 96.3 cm³/mol. The third-order valence-corrected chi connectivity index (χ3v) is 5.71. The highest BCUT2D eigenvalue weighted by atomic mass is 32.2. The van der Waals surface area contributed by atoms with Crippen molar-refractivity contribution in [1.29, 1.82) is 0 Å². The summed E-state index contributed by atoms with van der Waals surface area (Å²) in [6.45, 7) is 0. The molecule has 0 fully saturated rings. The van der Waals surface area contributed by atoms with Crippen molar-refractivity contribution in [2.24, 2.45) is 7.05 Å². The molecule has 0 atom stereocenters. The fourth-order valence-electron chi connectivity index (χ4n) is 2.36. The van der Waals surface area contributed by atoms with Crippen molar-refractivity contribution in [1.82, 2.24) is 9.55 Å². The van der Waals surface area contributed by atoms with Gasteiger partial charge in [-0.15, -0.1) is 11.8 Å². The highest BCUT2D eigenvalue weighted by molar-refractivity contribution is 8.00. The maximum atomic E-state index is 12.3. The van der Waals surface area contributed by atoms with E-state index >= 15 is 0 Å². The maximum Gasteiger partial charge on any atom is 0.267 e. The number of aromatic nitrogens is 2. The van der Waals surface area contributed by atoms with Crippen LogP contribution in [0.15, 0.2) is 39.1 Å². The quantitative estimate of drug-likeness (QED) is 0.648. The summed E-state index contributed by atoms with van der Waals surface area (Å²) >= 11 is 2.81. The molecule has 0 saturated carbocycles. The number of carbonyl (C=O) groups is 1. The molecule has 2 aromatic rings. The van der Waals surface area contributed by atoms with Gasteiger partial charge in [0, 0.05) is 19.2 Å². The van der Waals surface area contributed by atoms with E-state index < -0.39 is 0 Å². The van der Waals surface area contributed by atoms with Crippen LogP contribution in [0.2, 0.25) is 0 Å². The van der Waals surface area contributed by atoms with Gasteiger partial charge < -0.3 is 10.1 Å². The van der Waals surface area contributed by atoms with Crippen LogP contribution < -0.4 is 15.6 Å². The molecule has 0 bridgehead atoms. The Kier molecular flexibility index (Phi) is 5.15. The Bertz CT molecular complexity index is 836. The molecule has 1 N–H and O–H groups in total. The van der Waals surface area contributed by atoms with E-state index in [1.165, 1.54) is 16.3 Å². The highest BCUT2D eigenvalue weighted by Crippen LogP contribution is 2.28. The number of methoxy groups -OCH3 is 1. The minimum absolute atomic E-state index is 0.0323. The Labute approximate surface area is 148 Å². The van der Waals surface area contributed by atoms with Gasteiger partial charge in [0.2, 0.25) is 5.91 Å². The van der Waals surface area contributed by atoms with Gasteiger partial charge in [0.05, 0.1) is 29.1 Å². The Balaban J connectivity index is 1.69. The first-order valence-corrected chi connectivity index (χ1v) is 9.35. The first-order chi connectivity index (χ1) is 11.6. The molecule has 0 unspecified atom stereocenters. The Morgan fingerprint density at radius 2 is 2.25 bits per heavy atom. The summed E-state index contributed by atoms with van der Waals surface area (Å²) in [6, 6.07) is 7.23. The number of para-hydroxylation sites is 2. The van der Waals surface area contributed by atoms with Crippen LogP contribution in [-0.2, 0) is 18.3 Å². The molecular formula is C16H17N3O3S2. The zero-order chi connectivity index (χ0) is 17.1. The minimum Gasteiger partial charge on any atom is -0.495 e. The lowest BCUT2D eigenvalue weighted by Crippen LogP contribution is -2.23. The van der Waals surface area contributed by atoms with Crippen molar-refractivity contribution in [2.45, 2.75) is 16.5 Å². The smallest absolute Gasteiger partial charge is 0.267 e. The third kappa shape index (κ3) is 3.44. The number of fused-ring (bicyclic) bond motifs is 1. The number of rotatable bonds is 5. The van der Waals surface area contributed by atoms with Gasteiger partial charge in [0.25, 0.3) is 5.56 Å². The molecule has 3 rings (SSSR count). The number of anilines is 1. The van der Waals surface area contributed by atoms with E-state index in [0.29, 0.717) is 16.6 Å². The molecule has 126 valence electrons. The normalized spacial score (nSPS) is 12.8. The van der Waals surface area contributed by atoms with E-state index in [0.717, 1.165) is 22.8 Å². The summed E-state index contributed by atoms with van der Waals surface area (Å²) in [4.78, 5) is 29.7. The van der Waals surface area contributed by atoms with Crippen molar-refractivity contribution < 1.29 is 9.53 Å². The lowest BCUT2D eigenvalue weighted by molar-refractivity contribution is -0.113. The zero-order valence-corrected chi connectivity index (χ0v) is 15.0. The molecule has 0 saturated heterocycles. The van der Waals surface area contributed by atoms with Gasteiger partial charge in [0.1, 0.15) is 5.75 Å². The number of amides is 1. The molecule has 2 heterocycles. The summed E-state index contributed by atoms with van der Waals surface area (Å²) in [5.41, 5.74) is 1.43. The first kappa shape index (κ1) is 16.9. The van der Waals surface area contributed by atoms with Crippen molar-refractivity contribution in [2.75, 3.05) is 23.9 Å². The largest absolute Gasteiger partial charge is 0.495 e. The van der Waals surface area contributed by atoms with Crippen LogP contribution in [-0.4, -0.2) is 34.1 Å². The van der Waals surface area contributed by atoms with Crippen molar-refractivity contribution >= 4 is 35.1 Å². The fourth-order valence-corrected chi connectivity index (χ4v) is 4.22. The molecule has 0 radical (unpaired) electrons. The number of aryl methyl sites for hydroxylation is 1. The zero-order valence-electron chi connectivity index (χ0n) is 13.4. The van der Waals surface area contributed by atoms with Gasteiger partial charge in [-0.2, -0.15) is 0 Å². The number of hydrogen-bond donors (Lipinski definition) is 1. The number of thioether (sulfide) groups is 2. The van der Waals surface area contributed by atoms with Crippen LogP contribution in [0, 0.1) is 0 Å². The van der Waals surface area contributed by atoms with Gasteiger partial charge in [0.15, 0.2) is 5.16 Å². The number of carbonyl (C=O) groups excluding carboxylic acids is 1. The number of ether oxygens (including phenoxy) is 1. The van der Waals surface area contributed by atoms with Crippen LogP contribution in [0.25, 0.3) is 0 Å². The summed E-state index contributed by atoms with van der Waals surface area (Å²) in [5.74, 6) is 1.49. The average molecular weight is 363 g/mol. The van der Waals surface area contributed by atoms with Crippen LogP contribution >= 0.6 is 23.5 Å². The van der Waals surface area contributed by atoms with E-state index in [1.807, 2.05) is 12.1 Å². The summed E-state index contributed by atoms with van der Waals surface area (Å²) in [6.07, 6.45) is 0.803. The van der Waals surface area contributed by atoms with E-state index in [1.54, 1.807) is 38.1 Å². The standard InChI is InChI=1S/C16H17N3O3S2/c1-19-15(21)14-11(7-8-23-14)18-16(19)24-9-13(20)17-10-5-3-4-6-12(10)22-2/h3-6H,7-9H2,1-2H3,(H,17,20). The Morgan fingerprint density at radius 1 is 1.46 bits per heavy atom. The SMILES string of the molecule is COc1ccccc1NC(=O)CSc1nc2c(c(=O)n1C)SCC2. The molecule has 8 heteroatoms. The predicted octanol–water partition coefficient (Wildman–Crippen LogP) is 2.17. The van der Waals surface area contributed by atoms with Crippen molar-refractivity contribution in [3.8, 4) is 5.75 Å². The number of hydrogen-bond acceptors (Lipinski definition) is 6. The monoisotopic (exact) mass is 363 g/mol. The first-order valence-electron chi connectivity index (χ1n) is 7.38. The number of benzene rings is 1. The summed E-state index contributed by atoms with van der Waals surface area (Å²) in [5, 5.41) is 3.38. The molecule has 0 spiro atoms. The molecular weight excluding hydrogens is 346 g/mol. The molecule has 24 heavy (non-hydrogen) atoms. The average Bonchev–Trinajstić information content (AvgIpc) is 3.06. The minimum atomic E-state index is -0.173. The van der Waals surface area contributed by atoms with E-state index in [2.05, 4.69) is 10.3 Å². The van der Waals surface area contributed by atoms with Crippen molar-refractivity contribution in [3.63, 3.8) is 0 Å². The lowest BCUT2D eigenvalue weighted by Gasteiger charge is -2.11. The topological polar surface area (TPSA) is 73.2 Å². The molecule has 1 amide bonds. The van der Waals surface area contributed by atoms with Crippen LogP contribution in [0.5, 0.6) is 5.75 Å². The molecule has 1 aromatic carbocycles.